The minimum atomic E-state index is -0.451. The van der Waals surface area contributed by atoms with E-state index < -0.39 is 6.03 Å². The van der Waals surface area contributed by atoms with Gasteiger partial charge in [-0.25, -0.2) is 4.79 Å². The minimum Gasteiger partial charge on any atom is -0.486 e. The molecule has 2 amide bonds. The number of benzene rings is 1. The maximum atomic E-state index is 10.9. The molecular weight excluding hydrogens is 270 g/mol. The van der Waals surface area contributed by atoms with E-state index in [0.29, 0.717) is 6.61 Å². The molecule has 1 saturated heterocycles. The Kier molecular flexibility index (Phi) is 4.15. The van der Waals surface area contributed by atoms with Crippen molar-refractivity contribution in [2.24, 2.45) is 5.73 Å². The molecule has 0 radical (unpaired) electrons. The summed E-state index contributed by atoms with van der Waals surface area (Å²) >= 11 is 0. The fraction of sp³-hybridized carbons (Fsp3) is 0.533. The SMILES string of the molecule is NC(=O)N[C@H]1CCCN(C[C@H]2COc3ccccc3O2)C1. The van der Waals surface area contributed by atoms with Crippen LogP contribution in [0.4, 0.5) is 4.79 Å². The zero-order valence-electron chi connectivity index (χ0n) is 12.0. The van der Waals surface area contributed by atoms with Gasteiger partial charge in [0, 0.05) is 19.1 Å². The van der Waals surface area contributed by atoms with Crippen LogP contribution >= 0.6 is 0 Å². The van der Waals surface area contributed by atoms with Gasteiger partial charge >= 0.3 is 6.03 Å². The largest absolute Gasteiger partial charge is 0.486 e. The quantitative estimate of drug-likeness (QED) is 0.869. The number of rotatable bonds is 3. The van der Waals surface area contributed by atoms with Crippen molar-refractivity contribution in [1.82, 2.24) is 10.2 Å². The lowest BCUT2D eigenvalue weighted by Gasteiger charge is -2.36. The van der Waals surface area contributed by atoms with Crippen LogP contribution in [0.15, 0.2) is 24.3 Å². The van der Waals surface area contributed by atoms with E-state index in [2.05, 4.69) is 10.2 Å². The van der Waals surface area contributed by atoms with E-state index in [1.54, 1.807) is 0 Å². The number of likely N-dealkylation sites (tertiary alicyclic amines) is 1. The fourth-order valence-corrected chi connectivity index (χ4v) is 2.98. The molecule has 6 nitrogen and oxygen atoms in total. The van der Waals surface area contributed by atoms with Crippen LogP contribution in [0.3, 0.4) is 0 Å². The molecule has 114 valence electrons. The molecule has 21 heavy (non-hydrogen) atoms. The number of amides is 2. The van der Waals surface area contributed by atoms with Gasteiger partial charge in [-0.3, -0.25) is 4.90 Å². The minimum absolute atomic E-state index is 0.0206. The monoisotopic (exact) mass is 291 g/mol. The second kappa shape index (κ2) is 6.22. The predicted molar refractivity (Wildman–Crippen MR) is 78.5 cm³/mol. The Labute approximate surface area is 124 Å². The standard InChI is InChI=1S/C15H21N3O3/c16-15(19)17-11-4-3-7-18(8-11)9-12-10-20-13-5-1-2-6-14(13)21-12/h1-2,5-6,11-12H,3-4,7-10H2,(H3,16,17,19)/t11-,12-/m0/s1. The number of nitrogens with one attached hydrogen (secondary N) is 1. The highest BCUT2D eigenvalue weighted by atomic mass is 16.6. The van der Waals surface area contributed by atoms with Gasteiger partial charge < -0.3 is 20.5 Å². The van der Waals surface area contributed by atoms with E-state index in [0.717, 1.165) is 44.0 Å². The molecule has 2 aliphatic rings. The summed E-state index contributed by atoms with van der Waals surface area (Å²) in [6.07, 6.45) is 2.05. The molecular formula is C15H21N3O3. The Morgan fingerprint density at radius 1 is 1.38 bits per heavy atom. The lowest BCUT2D eigenvalue weighted by molar-refractivity contribution is 0.0493. The van der Waals surface area contributed by atoms with Crippen LogP contribution < -0.4 is 20.5 Å². The normalized spacial score (nSPS) is 25.3. The Morgan fingerprint density at radius 3 is 3.00 bits per heavy atom. The van der Waals surface area contributed by atoms with E-state index in [1.165, 1.54) is 0 Å². The summed E-state index contributed by atoms with van der Waals surface area (Å²) in [5.74, 6) is 1.61. The van der Waals surface area contributed by atoms with E-state index in [1.807, 2.05) is 24.3 Å². The number of primary amides is 1. The Morgan fingerprint density at radius 2 is 2.19 bits per heavy atom. The molecule has 0 unspecified atom stereocenters. The highest BCUT2D eigenvalue weighted by Gasteiger charge is 2.26. The van der Waals surface area contributed by atoms with E-state index in [9.17, 15) is 4.79 Å². The second-order valence-electron chi connectivity index (χ2n) is 5.60. The smallest absolute Gasteiger partial charge is 0.312 e. The van der Waals surface area contributed by atoms with Crippen LogP contribution in [0, 0.1) is 0 Å². The van der Waals surface area contributed by atoms with Gasteiger partial charge in [-0.15, -0.1) is 0 Å². The first-order valence-electron chi connectivity index (χ1n) is 7.37. The van der Waals surface area contributed by atoms with Crippen molar-refractivity contribution in [3.8, 4) is 11.5 Å². The zero-order chi connectivity index (χ0) is 14.7. The summed E-state index contributed by atoms with van der Waals surface area (Å²) in [4.78, 5) is 13.2. The number of nitrogens with zero attached hydrogens (tertiary/aromatic N) is 1. The predicted octanol–water partition coefficient (Wildman–Crippen LogP) is 0.959. The van der Waals surface area contributed by atoms with Gasteiger partial charge in [-0.1, -0.05) is 12.1 Å². The Bertz CT molecular complexity index is 509. The molecule has 2 heterocycles. The third kappa shape index (κ3) is 3.58. The topological polar surface area (TPSA) is 76.8 Å². The average molecular weight is 291 g/mol. The van der Waals surface area contributed by atoms with Gasteiger partial charge in [-0.2, -0.15) is 0 Å². The van der Waals surface area contributed by atoms with Crippen LogP contribution in [0.5, 0.6) is 11.5 Å². The first-order chi connectivity index (χ1) is 10.2. The highest BCUT2D eigenvalue weighted by Crippen LogP contribution is 2.31. The highest BCUT2D eigenvalue weighted by molar-refractivity contribution is 5.71. The number of hydrogen-bond donors (Lipinski definition) is 2. The summed E-state index contributed by atoms with van der Waals surface area (Å²) in [5.41, 5.74) is 5.19. The molecule has 0 aliphatic carbocycles. The zero-order valence-corrected chi connectivity index (χ0v) is 12.0. The molecule has 1 aromatic rings. The molecule has 0 aromatic heterocycles. The summed E-state index contributed by atoms with van der Waals surface area (Å²) in [6, 6.07) is 7.40. The van der Waals surface area contributed by atoms with E-state index in [-0.39, 0.29) is 12.1 Å². The molecule has 3 rings (SSSR count). The molecule has 1 aromatic carbocycles. The van der Waals surface area contributed by atoms with Gasteiger partial charge in [-0.05, 0) is 31.5 Å². The van der Waals surface area contributed by atoms with Crippen molar-refractivity contribution >= 4 is 6.03 Å². The van der Waals surface area contributed by atoms with E-state index >= 15 is 0 Å². The maximum Gasteiger partial charge on any atom is 0.312 e. The lowest BCUT2D eigenvalue weighted by atomic mass is 10.1. The van der Waals surface area contributed by atoms with Crippen molar-refractivity contribution in [2.45, 2.75) is 25.0 Å². The number of hydrogen-bond acceptors (Lipinski definition) is 4. The van der Waals surface area contributed by atoms with Gasteiger partial charge in [0.1, 0.15) is 12.7 Å². The number of ether oxygens (including phenoxy) is 2. The summed E-state index contributed by atoms with van der Waals surface area (Å²) in [6.45, 7) is 3.18. The van der Waals surface area contributed by atoms with E-state index in [4.69, 9.17) is 15.2 Å². The number of carbonyl (C=O) groups is 1. The summed E-state index contributed by atoms with van der Waals surface area (Å²) in [7, 11) is 0. The molecule has 6 heteroatoms. The van der Waals surface area contributed by atoms with Crippen molar-refractivity contribution < 1.29 is 14.3 Å². The number of piperidine rings is 1. The number of urea groups is 1. The lowest BCUT2D eigenvalue weighted by Crippen LogP contribution is -2.52. The Balaban J connectivity index is 1.54. The van der Waals surface area contributed by atoms with Crippen LogP contribution in [-0.4, -0.2) is 49.3 Å². The van der Waals surface area contributed by atoms with Gasteiger partial charge in [0.25, 0.3) is 0 Å². The average Bonchev–Trinajstić information content (AvgIpc) is 2.47. The number of carbonyl (C=O) groups excluding carboxylic acids is 1. The van der Waals surface area contributed by atoms with Gasteiger partial charge in [0.15, 0.2) is 11.5 Å². The fourth-order valence-electron chi connectivity index (χ4n) is 2.98. The molecule has 1 fully saturated rings. The number of fused-ring (bicyclic) bond motifs is 1. The van der Waals surface area contributed by atoms with Crippen molar-refractivity contribution in [2.75, 3.05) is 26.2 Å². The van der Waals surface area contributed by atoms with Crippen molar-refractivity contribution in [1.29, 1.82) is 0 Å². The summed E-state index contributed by atoms with van der Waals surface area (Å²) < 4.78 is 11.7. The molecule has 3 N–H and O–H groups in total. The number of para-hydroxylation sites is 2. The van der Waals surface area contributed by atoms with Gasteiger partial charge in [0.05, 0.1) is 0 Å². The first kappa shape index (κ1) is 14.0. The first-order valence-corrected chi connectivity index (χ1v) is 7.37. The third-order valence-corrected chi connectivity index (χ3v) is 3.88. The van der Waals surface area contributed by atoms with Crippen LogP contribution in [0.2, 0.25) is 0 Å². The maximum absolute atomic E-state index is 10.9. The second-order valence-corrected chi connectivity index (χ2v) is 5.60. The molecule has 2 aliphatic heterocycles. The third-order valence-electron chi connectivity index (χ3n) is 3.88. The van der Waals surface area contributed by atoms with Gasteiger partial charge in [0.2, 0.25) is 0 Å². The molecule has 0 saturated carbocycles. The van der Waals surface area contributed by atoms with Crippen LogP contribution in [0.1, 0.15) is 12.8 Å². The Hall–Kier alpha value is -1.95. The molecule has 0 bridgehead atoms. The molecule has 0 spiro atoms. The molecule has 2 atom stereocenters. The summed E-state index contributed by atoms with van der Waals surface area (Å²) in [5, 5.41) is 2.79. The van der Waals surface area contributed by atoms with Crippen molar-refractivity contribution in [3.63, 3.8) is 0 Å². The number of nitrogens with two attached hydrogens (primary N) is 1. The van der Waals surface area contributed by atoms with Crippen LogP contribution in [-0.2, 0) is 0 Å². The van der Waals surface area contributed by atoms with Crippen LogP contribution in [0.25, 0.3) is 0 Å². The van der Waals surface area contributed by atoms with Crippen molar-refractivity contribution in [3.05, 3.63) is 24.3 Å².